The average Bonchev–Trinajstić information content (AvgIpc) is 2.67. The van der Waals surface area contributed by atoms with Gasteiger partial charge in [-0.2, -0.15) is 0 Å². The van der Waals surface area contributed by atoms with Crippen LogP contribution in [-0.2, 0) is 0 Å². The Kier molecular flexibility index (Phi) is 3.32. The smallest absolute Gasteiger partial charge is 0.127 e. The Morgan fingerprint density at radius 2 is 1.65 bits per heavy atom. The summed E-state index contributed by atoms with van der Waals surface area (Å²) in [5.41, 5.74) is 0.343. The maximum atomic E-state index is 8.93. The van der Waals surface area contributed by atoms with Crippen molar-refractivity contribution < 1.29 is 11.6 Å². The second-order valence-electron chi connectivity index (χ2n) is 5.42. The molecule has 0 spiro atoms. The van der Waals surface area contributed by atoms with Crippen molar-refractivity contribution in [2.24, 2.45) is 0 Å². The largest absolute Gasteiger partial charge is 0.493 e. The lowest BCUT2D eigenvalue weighted by molar-refractivity contribution is 0.225. The van der Waals surface area contributed by atoms with Crippen LogP contribution in [0.3, 0.4) is 0 Å². The molecular formula is C21H23NO. The molecule has 0 saturated heterocycles. The van der Waals surface area contributed by atoms with Gasteiger partial charge in [-0.15, -0.1) is 0 Å². The van der Waals surface area contributed by atoms with Gasteiger partial charge in [0.2, 0.25) is 0 Å². The number of ether oxygens (including phenoxy) is 1. The summed E-state index contributed by atoms with van der Waals surface area (Å²) in [4.78, 5) is 1.37. The normalized spacial score (nSPS) is 18.3. The molecule has 0 aliphatic rings. The van der Waals surface area contributed by atoms with Gasteiger partial charge >= 0.3 is 0 Å². The maximum Gasteiger partial charge on any atom is 0.127 e. The number of fused-ring (bicyclic) bond motifs is 1. The Morgan fingerprint density at radius 1 is 0.957 bits per heavy atom. The summed E-state index contributed by atoms with van der Waals surface area (Å²) >= 11 is 0. The van der Waals surface area contributed by atoms with Crippen molar-refractivity contribution in [3.05, 3.63) is 78.4 Å². The van der Waals surface area contributed by atoms with Crippen molar-refractivity contribution in [1.82, 2.24) is 4.90 Å². The highest BCUT2D eigenvalue weighted by atomic mass is 16.5. The molecule has 0 radical (unpaired) electrons. The monoisotopic (exact) mass is 310 g/mol. The molecular weight excluding hydrogens is 282 g/mol. The highest BCUT2D eigenvalue weighted by Crippen LogP contribution is 2.27. The molecule has 0 bridgehead atoms. The van der Waals surface area contributed by atoms with Gasteiger partial charge in [0, 0.05) is 20.5 Å². The third-order valence-corrected chi connectivity index (χ3v) is 3.57. The molecule has 0 amide bonds. The van der Waals surface area contributed by atoms with E-state index < -0.39 is 18.9 Å². The van der Waals surface area contributed by atoms with Crippen molar-refractivity contribution in [2.45, 2.75) is 12.4 Å². The summed E-state index contributed by atoms with van der Waals surface area (Å²) in [6.07, 6.45) is -2.71. The van der Waals surface area contributed by atoms with Gasteiger partial charge in [-0.05, 0) is 31.1 Å². The highest BCUT2D eigenvalue weighted by molar-refractivity contribution is 5.88. The predicted molar refractivity (Wildman–Crippen MR) is 96.9 cm³/mol. The second kappa shape index (κ2) is 7.30. The van der Waals surface area contributed by atoms with E-state index in [1.165, 1.54) is 4.90 Å². The number of nitrogens with zero attached hydrogens (tertiary/aromatic N) is 1. The molecule has 2 nitrogen and oxygen atoms in total. The van der Waals surface area contributed by atoms with E-state index >= 15 is 0 Å². The fourth-order valence-electron chi connectivity index (χ4n) is 2.45. The minimum atomic E-state index is -2.78. The molecule has 0 heterocycles. The minimum absolute atomic E-state index is 0.237. The summed E-state index contributed by atoms with van der Waals surface area (Å²) in [5, 5.41) is 1.55. The summed E-state index contributed by atoms with van der Waals surface area (Å²) in [6, 6.07) is 19.0. The molecule has 1 atom stereocenters. The molecule has 0 N–H and O–H groups in total. The number of rotatable bonds is 6. The zero-order valence-corrected chi connectivity index (χ0v) is 13.3. The van der Waals surface area contributed by atoms with E-state index in [-0.39, 0.29) is 5.75 Å². The molecule has 2 heteroatoms. The van der Waals surface area contributed by atoms with Crippen LogP contribution in [0.1, 0.15) is 24.8 Å². The Labute approximate surface area is 145 Å². The first-order valence-corrected chi connectivity index (χ1v) is 7.51. The Morgan fingerprint density at radius 3 is 2.43 bits per heavy atom. The van der Waals surface area contributed by atoms with E-state index in [4.69, 9.17) is 11.6 Å². The summed E-state index contributed by atoms with van der Waals surface area (Å²) in [6.45, 7) is -2.78. The Balaban J connectivity index is 2.07. The second-order valence-corrected chi connectivity index (χ2v) is 5.42. The van der Waals surface area contributed by atoms with E-state index in [1.807, 2.05) is 24.3 Å². The maximum absolute atomic E-state index is 8.93. The van der Waals surface area contributed by atoms with Crippen molar-refractivity contribution >= 4 is 10.8 Å². The van der Waals surface area contributed by atoms with Crippen LogP contribution in [0.2, 0.25) is 0 Å². The molecule has 0 aliphatic heterocycles. The molecule has 0 aromatic heterocycles. The van der Waals surface area contributed by atoms with Crippen LogP contribution in [0.4, 0.5) is 0 Å². The topological polar surface area (TPSA) is 12.5 Å². The quantitative estimate of drug-likeness (QED) is 0.641. The lowest BCUT2D eigenvalue weighted by Gasteiger charge is -2.25. The van der Waals surface area contributed by atoms with Gasteiger partial charge in [-0.3, -0.25) is 0 Å². The standard InChI is InChI=1S/C21H23NO/c1-22(2)20(18-10-4-3-5-11-18)15-16-23-21-14-8-12-17-9-6-7-13-19(17)21/h3-14,20H,15-16H2,1-2H3/t20-/m0/s1/i15D2,16D2,20D. The predicted octanol–water partition coefficient (Wildman–Crippen LogP) is 4.91. The number of benzene rings is 3. The summed E-state index contributed by atoms with van der Waals surface area (Å²) in [7, 11) is 3.12. The zero-order chi connectivity index (χ0) is 20.6. The lowest BCUT2D eigenvalue weighted by Crippen LogP contribution is -2.22. The van der Waals surface area contributed by atoms with Gasteiger partial charge in [-0.25, -0.2) is 0 Å². The van der Waals surface area contributed by atoms with Crippen LogP contribution in [-0.4, -0.2) is 25.6 Å². The van der Waals surface area contributed by atoms with Gasteiger partial charge in [0.1, 0.15) is 5.75 Å². The molecule has 0 unspecified atom stereocenters. The van der Waals surface area contributed by atoms with Gasteiger partial charge in [0.15, 0.2) is 0 Å². The third kappa shape index (κ3) is 3.72. The molecule has 118 valence electrons. The lowest BCUT2D eigenvalue weighted by atomic mass is 10.0. The van der Waals surface area contributed by atoms with Crippen LogP contribution >= 0.6 is 0 Å². The fraction of sp³-hybridized carbons (Fsp3) is 0.238. The highest BCUT2D eigenvalue weighted by Gasteiger charge is 2.14. The Hall–Kier alpha value is -2.32. The molecule has 3 aromatic carbocycles. The van der Waals surface area contributed by atoms with Gasteiger partial charge < -0.3 is 9.64 Å². The van der Waals surface area contributed by atoms with Crippen LogP contribution in [0, 0.1) is 0 Å². The van der Waals surface area contributed by atoms with Crippen molar-refractivity contribution in [3.8, 4) is 5.75 Å². The van der Waals surface area contributed by atoms with Crippen LogP contribution in [0.15, 0.2) is 72.8 Å². The van der Waals surface area contributed by atoms with Crippen molar-refractivity contribution in [3.63, 3.8) is 0 Å². The summed E-state index contributed by atoms with van der Waals surface area (Å²) < 4.78 is 48.8. The first kappa shape index (κ1) is 10.5. The van der Waals surface area contributed by atoms with E-state index in [2.05, 4.69) is 0 Å². The number of hydrogen-bond donors (Lipinski definition) is 0. The molecule has 3 rings (SSSR count). The fourth-order valence-corrected chi connectivity index (χ4v) is 2.45. The molecule has 0 fully saturated rings. The SMILES string of the molecule is [2H]C([2H])(Oc1cccc2ccccc12)C([2H])([2H])[C@@]([2H])(c1ccccc1)N(C)C. The van der Waals surface area contributed by atoms with Crippen LogP contribution < -0.4 is 4.74 Å². The van der Waals surface area contributed by atoms with Crippen LogP contribution in [0.5, 0.6) is 5.75 Å². The van der Waals surface area contributed by atoms with Crippen molar-refractivity contribution in [1.29, 1.82) is 0 Å². The van der Waals surface area contributed by atoms with Gasteiger partial charge in [0.05, 0.1) is 10.7 Å². The number of hydrogen-bond acceptors (Lipinski definition) is 2. The molecule has 3 aromatic rings. The van der Waals surface area contributed by atoms with E-state index in [0.29, 0.717) is 10.9 Å². The Bertz CT molecular complexity index is 956. The first-order valence-electron chi connectivity index (χ1n) is 10.0. The van der Waals surface area contributed by atoms with E-state index in [9.17, 15) is 0 Å². The van der Waals surface area contributed by atoms with Crippen molar-refractivity contribution in [2.75, 3.05) is 20.7 Å². The average molecular weight is 310 g/mol. The molecule has 0 saturated carbocycles. The van der Waals surface area contributed by atoms with Gasteiger partial charge in [0.25, 0.3) is 0 Å². The first-order chi connectivity index (χ1) is 13.1. The van der Waals surface area contributed by atoms with Crippen LogP contribution in [0.25, 0.3) is 10.8 Å². The zero-order valence-electron chi connectivity index (χ0n) is 18.3. The summed E-state index contributed by atoms with van der Waals surface area (Å²) in [5.74, 6) is 0.237. The molecule has 23 heavy (non-hydrogen) atoms. The third-order valence-electron chi connectivity index (χ3n) is 3.57. The van der Waals surface area contributed by atoms with Gasteiger partial charge in [-0.1, -0.05) is 66.7 Å². The minimum Gasteiger partial charge on any atom is -0.493 e. The van der Waals surface area contributed by atoms with E-state index in [1.54, 1.807) is 62.6 Å². The molecule has 0 aliphatic carbocycles. The van der Waals surface area contributed by atoms with E-state index in [0.717, 1.165) is 5.39 Å².